The molecule has 0 atom stereocenters. The van der Waals surface area contributed by atoms with E-state index in [4.69, 9.17) is 13.9 Å². The van der Waals surface area contributed by atoms with Gasteiger partial charge in [-0.05, 0) is 100 Å². The number of pyridine rings is 7. The number of fused-ring (bicyclic) bond motifs is 18. The average Bonchev–Trinajstić information content (AvgIpc) is 1.66. The number of carbonyl (C=O) groups is 2. The molecule has 0 amide bonds. The van der Waals surface area contributed by atoms with Gasteiger partial charge in [0, 0.05) is 168 Å². The van der Waals surface area contributed by atoms with Crippen molar-refractivity contribution < 1.29 is 144 Å². The van der Waals surface area contributed by atoms with Gasteiger partial charge in [0.15, 0.2) is 0 Å². The first-order valence-corrected chi connectivity index (χ1v) is 31.7. The van der Waals surface area contributed by atoms with Crippen molar-refractivity contribution in [3.05, 3.63) is 311 Å². The van der Waals surface area contributed by atoms with Crippen LogP contribution < -0.4 is 44.6 Å². The molecule has 0 saturated carbocycles. The largest absolute Gasteiger partial charge is 0.495 e. The summed E-state index contributed by atoms with van der Waals surface area (Å²) in [4.78, 5) is 75.7. The molecule has 0 aliphatic carbocycles. The zero-order valence-corrected chi connectivity index (χ0v) is 71.2. The molecule has 109 heavy (non-hydrogen) atoms. The first-order valence-electron chi connectivity index (χ1n) is 31.7. The van der Waals surface area contributed by atoms with E-state index in [1.54, 1.807) is 77.7 Å². The number of anilines is 6. The van der Waals surface area contributed by atoms with Gasteiger partial charge in [0.1, 0.15) is 47.8 Å². The summed E-state index contributed by atoms with van der Waals surface area (Å²) >= 11 is 0. The third-order valence-electron chi connectivity index (χ3n) is 17.6. The van der Waals surface area contributed by atoms with E-state index in [1.807, 2.05) is 135 Å². The van der Waals surface area contributed by atoms with Crippen molar-refractivity contribution >= 4 is 95.9 Å². The minimum atomic E-state index is -0.551. The van der Waals surface area contributed by atoms with Gasteiger partial charge >= 0.3 is 17.7 Å². The van der Waals surface area contributed by atoms with Crippen molar-refractivity contribution in [3.8, 4) is 11.8 Å². The summed E-state index contributed by atoms with van der Waals surface area (Å²) in [6, 6.07) is 57.9. The van der Waals surface area contributed by atoms with Gasteiger partial charge in [-0.15, -0.1) is 59.6 Å². The van der Waals surface area contributed by atoms with Gasteiger partial charge in [0.2, 0.25) is 0 Å². The molecule has 18 heterocycles. The first kappa shape index (κ1) is 81.2. The predicted molar refractivity (Wildman–Crippen MR) is 376 cm³/mol. The summed E-state index contributed by atoms with van der Waals surface area (Å²) in [5.74, 6) is -0.829. The number of allylic oxidation sites excluding steroid dienone is 1. The van der Waals surface area contributed by atoms with Gasteiger partial charge in [-0.3, -0.25) is 4.40 Å². The molecule has 0 bridgehead atoms. The van der Waals surface area contributed by atoms with E-state index in [1.165, 1.54) is 28.9 Å². The number of para-hydroxylation sites is 3. The molecule has 34 heteroatoms. The number of rotatable bonds is 3. The summed E-state index contributed by atoms with van der Waals surface area (Å²) in [7, 11) is 0. The Balaban J connectivity index is 0.000000139. The van der Waals surface area contributed by atoms with Crippen LogP contribution in [0.15, 0.2) is 247 Å². The quantitative estimate of drug-likeness (QED) is 0.117. The van der Waals surface area contributed by atoms with Crippen molar-refractivity contribution in [2.45, 2.75) is 33.1 Å². The molecule has 28 nitrogen and oxygen atoms in total. The van der Waals surface area contributed by atoms with E-state index in [0.717, 1.165) is 61.5 Å². The van der Waals surface area contributed by atoms with Crippen LogP contribution in [0.2, 0.25) is 0 Å². The van der Waals surface area contributed by atoms with Gasteiger partial charge in [-0.1, -0.05) is 142 Å². The van der Waals surface area contributed by atoms with Crippen LogP contribution in [-0.2, 0) is 136 Å². The zero-order chi connectivity index (χ0) is 70.2. The Morgan fingerprint density at radius 2 is 0.881 bits per heavy atom. The SMILES string of the molecule is CC1(C)C2=CN(c3ccccc3)[CH-]N2c2[c-]ccnc2C1(C)C.O=C1Oc2ncc[c-]c2N2[CH-]N(c3ccccc3)C=C12.O=C1Oc2ncc[c-]c2N2[CH-]N(c3ccccc3)C=C12.O=c1oc2ncc[c-]c2c2nncn12.[Ir].[Ir].[Ir].[Ir].[Ir].[Ir].[c-]1ccnc2ccn3cnnc3c12.[c-]1ncnc2ccn3cnnc3c12. The molecule has 560 valence electrons. The minimum absolute atomic E-state index is 0. The molecule has 0 unspecified atom stereocenters. The number of aromatic nitrogens is 16. The molecule has 12 aromatic heterocycles. The molecule has 6 radical (unpaired) electrons. The predicted octanol–water partition coefficient (Wildman–Crippen LogP) is 10.2. The smallest absolute Gasteiger partial charge is 0.410 e. The van der Waals surface area contributed by atoms with E-state index in [2.05, 4.69) is 177 Å². The molecule has 15 aromatic rings. The third-order valence-corrected chi connectivity index (χ3v) is 17.6. The fourth-order valence-corrected chi connectivity index (χ4v) is 11.7. The van der Waals surface area contributed by atoms with Crippen LogP contribution in [0.4, 0.5) is 34.1 Å². The van der Waals surface area contributed by atoms with E-state index in [9.17, 15) is 14.4 Å². The van der Waals surface area contributed by atoms with Crippen molar-refractivity contribution in [2.75, 3.05) is 29.4 Å². The van der Waals surface area contributed by atoms with Crippen LogP contribution >= 0.6 is 0 Å². The van der Waals surface area contributed by atoms with Gasteiger partial charge in [-0.2, -0.15) is 51.7 Å². The Morgan fingerprint density at radius 3 is 1.44 bits per heavy atom. The Bertz CT molecular complexity index is 5670. The number of nitrogens with zero attached hydrogens (tertiary/aromatic N) is 22. The van der Waals surface area contributed by atoms with Gasteiger partial charge < -0.3 is 87.0 Å². The maximum Gasteiger partial charge on any atom is 0.410 e. The maximum absolute atomic E-state index is 12.0. The zero-order valence-electron chi connectivity index (χ0n) is 56.8. The van der Waals surface area contributed by atoms with Crippen LogP contribution in [0.5, 0.6) is 11.8 Å². The number of hydrogen-bond acceptors (Lipinski definition) is 25. The number of carbonyl (C=O) groups excluding carboxylic acids is 2. The van der Waals surface area contributed by atoms with Crippen LogP contribution in [-0.4, -0.2) is 90.6 Å². The van der Waals surface area contributed by atoms with Crippen molar-refractivity contribution in [2.24, 2.45) is 5.41 Å². The van der Waals surface area contributed by atoms with E-state index < -0.39 is 17.7 Å². The van der Waals surface area contributed by atoms with Crippen molar-refractivity contribution in [1.29, 1.82) is 0 Å². The standard InChI is InChI=1S/C20H21N3.2C15H9N3O2.C9H5N4.C8H4N5.C8H3N4O2.6Ir/c1-19(2)17-13-22(15-9-6-5-7-10-15)14-23(17)16-11-8-12-21-18(16)20(19,3)4;2*19-15-13-9-17(11-5-2-1-3-6-11)10-18(13)12-7-4-8-16-14(12)20-15;1-2-7-8(10-4-1)3-5-13-6-11-12-9(7)13;1-2-13-5-11-12-8(13)6-3-9-4-10-7(1)6;13-8-12-4-10-11-6(12)5-2-1-3-9-7(5)14-8;;;;;;/h5-10,12-14H,1-4H3;2*1-6,8-10H;1,3-6H;1-2,4-5H;1,3-4H;;;;;;/q3*-2;3*-1;;;;;;. The van der Waals surface area contributed by atoms with E-state index in [-0.39, 0.29) is 149 Å². The van der Waals surface area contributed by atoms with Crippen LogP contribution in [0.25, 0.3) is 49.8 Å². The Hall–Kier alpha value is -10.3. The Labute approximate surface area is 702 Å². The maximum atomic E-state index is 12.0. The van der Waals surface area contributed by atoms with Gasteiger partial charge in [0.25, 0.3) is 0 Å². The van der Waals surface area contributed by atoms with Crippen LogP contribution in [0, 0.1) is 61.9 Å². The number of esters is 2. The molecule has 0 spiro atoms. The average molecular weight is 2510 g/mol. The summed E-state index contributed by atoms with van der Waals surface area (Å²) in [6.07, 6.45) is 26.5. The molecule has 3 aromatic carbocycles. The second-order valence-corrected chi connectivity index (χ2v) is 24.0. The minimum Gasteiger partial charge on any atom is -0.495 e. The normalized spacial score (nSPS) is 14.5. The van der Waals surface area contributed by atoms with Gasteiger partial charge in [0.05, 0.1) is 16.9 Å². The second kappa shape index (κ2) is 35.0. The fraction of sp³-hybridized carbons (Fsp3) is 0.0800. The van der Waals surface area contributed by atoms with E-state index in [0.29, 0.717) is 33.8 Å². The molecular weight excluding hydrogens is 2460 g/mol. The second-order valence-electron chi connectivity index (χ2n) is 24.0. The van der Waals surface area contributed by atoms with Crippen LogP contribution in [0.1, 0.15) is 33.4 Å². The Morgan fingerprint density at radius 1 is 0.431 bits per heavy atom. The van der Waals surface area contributed by atoms with Crippen molar-refractivity contribution in [1.82, 2.24) is 78.7 Å². The summed E-state index contributed by atoms with van der Waals surface area (Å²) in [6.45, 7) is 14.9. The third kappa shape index (κ3) is 16.0. The topological polar surface area (TPSA) is 283 Å². The summed E-state index contributed by atoms with van der Waals surface area (Å²) in [5.41, 5.74) is 12.5. The number of benzene rings is 3. The molecule has 6 aliphatic rings. The van der Waals surface area contributed by atoms with Gasteiger partial charge in [-0.25, -0.2) is 14.4 Å². The molecule has 6 aliphatic heterocycles. The first-order chi connectivity index (χ1) is 50.3. The fourth-order valence-electron chi connectivity index (χ4n) is 11.7. The number of ether oxygens (including phenoxy) is 2. The molecule has 0 N–H and O–H groups in total. The molecule has 0 saturated heterocycles. The summed E-state index contributed by atoms with van der Waals surface area (Å²) < 4.78 is 20.2. The monoisotopic (exact) mass is 2510 g/mol. The van der Waals surface area contributed by atoms with Crippen LogP contribution in [0.3, 0.4) is 0 Å². The number of hydrogen-bond donors (Lipinski definition) is 0. The van der Waals surface area contributed by atoms with Crippen molar-refractivity contribution in [3.63, 3.8) is 0 Å². The summed E-state index contributed by atoms with van der Waals surface area (Å²) in [5, 5.41) is 25.2. The molecule has 0 fully saturated rings. The molecule has 21 rings (SSSR count). The Kier molecular flexibility index (Phi) is 26.0. The molecular formula is C75H51Ir6N22O6-9. The van der Waals surface area contributed by atoms with E-state index >= 15 is 0 Å².